The maximum Gasteiger partial charge on any atom is 0.323 e. The minimum atomic E-state index is -1.22. The highest BCUT2D eigenvalue weighted by Gasteiger charge is 2.28. The minimum absolute atomic E-state index is 0.339. The van der Waals surface area contributed by atoms with Crippen molar-refractivity contribution in [3.05, 3.63) is 22.3 Å². The topological polar surface area (TPSA) is 79.1 Å². The molecule has 4 N–H and O–H groups in total. The number of carbonyl (C=O) groups is 1. The summed E-state index contributed by atoms with van der Waals surface area (Å²) >= 11 is 0. The quantitative estimate of drug-likeness (QED) is 0.722. The van der Waals surface area contributed by atoms with Gasteiger partial charge in [0.05, 0.1) is 0 Å². The highest BCUT2D eigenvalue weighted by atomic mass is 16.4. The molecule has 1 aliphatic carbocycles. The second kappa shape index (κ2) is 4.61. The molecule has 0 fully saturated rings. The number of aromatic nitrogens is 1. The molecule has 0 aliphatic heterocycles. The monoisotopic (exact) mass is 248 g/mol. The predicted octanol–water partition coefficient (Wildman–Crippen LogP) is 0.350. The van der Waals surface area contributed by atoms with E-state index in [0.717, 1.165) is 29.0 Å². The molecule has 0 saturated heterocycles. The third kappa shape index (κ3) is 2.48. The molecule has 18 heavy (non-hydrogen) atoms. The van der Waals surface area contributed by atoms with Crippen molar-refractivity contribution >= 4 is 18.1 Å². The van der Waals surface area contributed by atoms with Gasteiger partial charge in [-0.2, -0.15) is 0 Å². The molecule has 0 aromatic carbocycles. The van der Waals surface area contributed by atoms with Gasteiger partial charge in [0.2, 0.25) is 0 Å². The van der Waals surface area contributed by atoms with E-state index in [-0.39, 0.29) is 0 Å². The molecule has 1 aliphatic rings. The van der Waals surface area contributed by atoms with Crippen LogP contribution in [0.2, 0.25) is 0 Å². The largest absolute Gasteiger partial charge is 0.480 e. The van der Waals surface area contributed by atoms with Crippen molar-refractivity contribution < 1.29 is 9.90 Å². The number of hydrogen-bond donors (Lipinski definition) is 3. The van der Waals surface area contributed by atoms with Crippen LogP contribution in [0.25, 0.3) is 12.2 Å². The third-order valence-electron chi connectivity index (χ3n) is 3.51. The van der Waals surface area contributed by atoms with E-state index < -0.39 is 11.5 Å². The van der Waals surface area contributed by atoms with Gasteiger partial charge in [0.25, 0.3) is 0 Å². The SMILES string of the molecule is CC1C=c2c(CC(C)(N)C(=O)O)c[nH]c2=CCC1. The van der Waals surface area contributed by atoms with Crippen LogP contribution in [0, 0.1) is 5.92 Å². The number of carboxylic acids is 1. The van der Waals surface area contributed by atoms with E-state index in [0.29, 0.717) is 12.3 Å². The highest BCUT2D eigenvalue weighted by molar-refractivity contribution is 5.78. The summed E-state index contributed by atoms with van der Waals surface area (Å²) in [5, 5.41) is 11.3. The van der Waals surface area contributed by atoms with Crippen LogP contribution in [0.3, 0.4) is 0 Å². The van der Waals surface area contributed by atoms with Crippen molar-refractivity contribution in [1.29, 1.82) is 0 Å². The summed E-state index contributed by atoms with van der Waals surface area (Å²) in [6, 6.07) is 0. The Bertz CT molecular complexity index is 569. The van der Waals surface area contributed by atoms with Crippen molar-refractivity contribution in [3.63, 3.8) is 0 Å². The van der Waals surface area contributed by atoms with Crippen LogP contribution in [0.15, 0.2) is 6.20 Å². The van der Waals surface area contributed by atoms with Crippen molar-refractivity contribution in [1.82, 2.24) is 4.98 Å². The zero-order valence-electron chi connectivity index (χ0n) is 10.9. The van der Waals surface area contributed by atoms with Crippen LogP contribution < -0.4 is 16.3 Å². The summed E-state index contributed by atoms with van der Waals surface area (Å²) in [6.45, 7) is 3.73. The average Bonchev–Trinajstić information content (AvgIpc) is 2.53. The van der Waals surface area contributed by atoms with Crippen LogP contribution in [-0.4, -0.2) is 21.6 Å². The molecule has 0 spiro atoms. The van der Waals surface area contributed by atoms with E-state index in [4.69, 9.17) is 10.8 Å². The van der Waals surface area contributed by atoms with Crippen LogP contribution in [0.5, 0.6) is 0 Å². The molecule has 2 unspecified atom stereocenters. The van der Waals surface area contributed by atoms with Gasteiger partial charge in [-0.05, 0) is 36.5 Å². The molecule has 98 valence electrons. The molecule has 1 aromatic heterocycles. The Morgan fingerprint density at radius 1 is 1.67 bits per heavy atom. The summed E-state index contributed by atoms with van der Waals surface area (Å²) in [7, 11) is 0. The Morgan fingerprint density at radius 3 is 3.06 bits per heavy atom. The summed E-state index contributed by atoms with van der Waals surface area (Å²) in [5.41, 5.74) is 5.59. The van der Waals surface area contributed by atoms with E-state index in [2.05, 4.69) is 24.1 Å². The Labute approximate surface area is 106 Å². The number of nitrogens with one attached hydrogen (secondary N) is 1. The van der Waals surface area contributed by atoms with Gasteiger partial charge in [0.1, 0.15) is 5.54 Å². The first-order valence-corrected chi connectivity index (χ1v) is 6.31. The molecule has 4 heteroatoms. The average molecular weight is 248 g/mol. The number of fused-ring (bicyclic) bond motifs is 1. The van der Waals surface area contributed by atoms with Crippen molar-refractivity contribution in [2.75, 3.05) is 0 Å². The van der Waals surface area contributed by atoms with Crippen LogP contribution in [0.1, 0.15) is 32.3 Å². The summed E-state index contributed by atoms with van der Waals surface area (Å²) in [6.07, 6.45) is 8.77. The van der Waals surface area contributed by atoms with Crippen molar-refractivity contribution in [2.24, 2.45) is 11.7 Å². The molecule has 1 aromatic rings. The summed E-state index contributed by atoms with van der Waals surface area (Å²) < 4.78 is 0. The fraction of sp³-hybridized carbons (Fsp3) is 0.500. The number of hydrogen-bond acceptors (Lipinski definition) is 2. The van der Waals surface area contributed by atoms with Crippen LogP contribution in [-0.2, 0) is 11.2 Å². The lowest BCUT2D eigenvalue weighted by Gasteiger charge is -2.18. The zero-order valence-corrected chi connectivity index (χ0v) is 10.9. The lowest BCUT2D eigenvalue weighted by molar-refractivity contribution is -0.142. The number of rotatable bonds is 3. The second-order valence-electron chi connectivity index (χ2n) is 5.47. The molecule has 1 heterocycles. The molecular weight excluding hydrogens is 228 g/mol. The van der Waals surface area contributed by atoms with E-state index in [1.807, 2.05) is 6.20 Å². The molecule has 2 rings (SSSR count). The van der Waals surface area contributed by atoms with E-state index >= 15 is 0 Å². The van der Waals surface area contributed by atoms with Crippen LogP contribution in [0.4, 0.5) is 0 Å². The molecule has 0 bridgehead atoms. The Balaban J connectivity index is 2.44. The van der Waals surface area contributed by atoms with Crippen molar-refractivity contribution in [3.8, 4) is 0 Å². The van der Waals surface area contributed by atoms with Gasteiger partial charge in [-0.3, -0.25) is 4.79 Å². The Hall–Kier alpha value is -1.55. The normalized spacial score (nSPS) is 22.1. The predicted molar refractivity (Wildman–Crippen MR) is 71.3 cm³/mol. The van der Waals surface area contributed by atoms with E-state index in [1.165, 1.54) is 0 Å². The maximum atomic E-state index is 11.1. The van der Waals surface area contributed by atoms with Gasteiger partial charge in [0.15, 0.2) is 0 Å². The Morgan fingerprint density at radius 2 is 2.39 bits per heavy atom. The van der Waals surface area contributed by atoms with E-state index in [1.54, 1.807) is 6.92 Å². The fourth-order valence-corrected chi connectivity index (χ4v) is 2.33. The number of nitrogens with two attached hydrogens (primary N) is 1. The minimum Gasteiger partial charge on any atom is -0.480 e. The second-order valence-corrected chi connectivity index (χ2v) is 5.47. The highest BCUT2D eigenvalue weighted by Crippen LogP contribution is 2.11. The van der Waals surface area contributed by atoms with Gasteiger partial charge in [-0.15, -0.1) is 0 Å². The van der Waals surface area contributed by atoms with Crippen molar-refractivity contribution in [2.45, 2.75) is 38.6 Å². The summed E-state index contributed by atoms with van der Waals surface area (Å²) in [5.74, 6) is -0.464. The molecular formula is C14H20N2O2. The number of carboxylic acid groups (broad SMARTS) is 1. The van der Waals surface area contributed by atoms with Gasteiger partial charge in [0, 0.05) is 18.0 Å². The molecule has 4 nitrogen and oxygen atoms in total. The third-order valence-corrected chi connectivity index (χ3v) is 3.51. The smallest absolute Gasteiger partial charge is 0.323 e. The Kier molecular flexibility index (Phi) is 3.30. The maximum absolute atomic E-state index is 11.1. The molecule has 0 amide bonds. The number of aliphatic carboxylic acids is 1. The first-order valence-electron chi connectivity index (χ1n) is 6.31. The standard InChI is InChI=1S/C14H20N2O2/c1-9-4-3-5-12-11(6-9)10(8-16-12)7-14(2,15)13(17)18/h5-6,8-9,16H,3-4,7,15H2,1-2H3,(H,17,18). The van der Waals surface area contributed by atoms with Gasteiger partial charge in [-0.25, -0.2) is 0 Å². The van der Waals surface area contributed by atoms with Crippen LogP contribution >= 0.6 is 0 Å². The lowest BCUT2D eigenvalue weighted by atomic mass is 9.94. The van der Waals surface area contributed by atoms with Gasteiger partial charge in [-0.1, -0.05) is 19.1 Å². The fourth-order valence-electron chi connectivity index (χ4n) is 2.33. The van der Waals surface area contributed by atoms with Gasteiger partial charge >= 0.3 is 5.97 Å². The first kappa shape index (κ1) is 12.9. The van der Waals surface area contributed by atoms with E-state index in [9.17, 15) is 4.79 Å². The number of H-pyrrole nitrogens is 1. The number of aromatic amines is 1. The lowest BCUT2D eigenvalue weighted by Crippen LogP contribution is -2.48. The molecule has 0 radical (unpaired) electrons. The molecule has 2 atom stereocenters. The first-order chi connectivity index (χ1) is 8.40. The summed E-state index contributed by atoms with van der Waals surface area (Å²) in [4.78, 5) is 14.3. The molecule has 0 saturated carbocycles. The zero-order chi connectivity index (χ0) is 13.3. The van der Waals surface area contributed by atoms with Gasteiger partial charge < -0.3 is 15.8 Å².